The fraction of sp³-hybridized carbons (Fsp3) is 0.667. The Labute approximate surface area is 123 Å². The van der Waals surface area contributed by atoms with Crippen molar-refractivity contribution < 1.29 is 0 Å². The minimum absolute atomic E-state index is 0.955. The quantitative estimate of drug-likeness (QED) is 0.429. The lowest BCUT2D eigenvalue weighted by Gasteiger charge is -2.21. The van der Waals surface area contributed by atoms with E-state index in [0.717, 1.165) is 5.92 Å². The van der Waals surface area contributed by atoms with Crippen LogP contribution in [0.2, 0.25) is 0 Å². The van der Waals surface area contributed by atoms with E-state index in [0.29, 0.717) is 0 Å². The van der Waals surface area contributed by atoms with Gasteiger partial charge in [0.1, 0.15) is 0 Å². The van der Waals surface area contributed by atoms with Crippen LogP contribution in [0.3, 0.4) is 0 Å². The summed E-state index contributed by atoms with van der Waals surface area (Å²) in [7, 11) is 0. The van der Waals surface area contributed by atoms with Gasteiger partial charge in [0.15, 0.2) is 0 Å². The molecule has 1 aromatic carbocycles. The molecular weight excluding hydrogens is 248 g/mol. The van der Waals surface area contributed by atoms with Gasteiger partial charge in [0, 0.05) is 4.90 Å². The monoisotopic (exact) mass is 276 g/mol. The van der Waals surface area contributed by atoms with Crippen LogP contribution in [-0.2, 0) is 6.42 Å². The van der Waals surface area contributed by atoms with Gasteiger partial charge >= 0.3 is 0 Å². The van der Waals surface area contributed by atoms with E-state index in [1.165, 1.54) is 68.4 Å². The van der Waals surface area contributed by atoms with Gasteiger partial charge < -0.3 is 0 Å². The summed E-state index contributed by atoms with van der Waals surface area (Å²) in [6.45, 7) is 2.27. The molecule has 0 nitrogen and oxygen atoms in total. The molecule has 1 aliphatic rings. The highest BCUT2D eigenvalue weighted by atomic mass is 32.2. The molecule has 0 N–H and O–H groups in total. The van der Waals surface area contributed by atoms with Crippen LogP contribution in [0.5, 0.6) is 0 Å². The third-order valence-electron chi connectivity index (χ3n) is 4.19. The van der Waals surface area contributed by atoms with Crippen molar-refractivity contribution in [2.24, 2.45) is 5.92 Å². The third kappa shape index (κ3) is 5.60. The van der Waals surface area contributed by atoms with E-state index in [9.17, 15) is 0 Å². The lowest BCUT2D eigenvalue weighted by molar-refractivity contribution is 0.356. The molecule has 0 atom stereocenters. The largest absolute Gasteiger partial charge is 0.126 e. The van der Waals surface area contributed by atoms with Crippen molar-refractivity contribution in [3.63, 3.8) is 0 Å². The Balaban J connectivity index is 1.74. The molecule has 0 unspecified atom stereocenters. The van der Waals surface area contributed by atoms with E-state index in [1.807, 2.05) is 11.8 Å². The average Bonchev–Trinajstić information content (AvgIpc) is 2.46. The molecule has 0 radical (unpaired) electrons. The van der Waals surface area contributed by atoms with Crippen molar-refractivity contribution in [2.75, 3.05) is 5.75 Å². The summed E-state index contributed by atoms with van der Waals surface area (Å²) in [5, 5.41) is 0. The van der Waals surface area contributed by atoms with Crippen LogP contribution < -0.4 is 0 Å². The predicted molar refractivity (Wildman–Crippen MR) is 87.0 cm³/mol. The number of benzene rings is 1. The zero-order chi connectivity index (χ0) is 13.3. The molecule has 0 aromatic heterocycles. The molecular formula is C18H28S. The second-order valence-corrected chi connectivity index (χ2v) is 7.08. The van der Waals surface area contributed by atoms with Crippen molar-refractivity contribution >= 4 is 11.8 Å². The van der Waals surface area contributed by atoms with Gasteiger partial charge in [-0.25, -0.2) is 0 Å². The number of rotatable bonds is 7. The maximum atomic E-state index is 2.36. The summed E-state index contributed by atoms with van der Waals surface area (Å²) >= 11 is 2.02. The van der Waals surface area contributed by atoms with Gasteiger partial charge in [-0.15, -0.1) is 11.8 Å². The van der Waals surface area contributed by atoms with Gasteiger partial charge in [-0.2, -0.15) is 0 Å². The number of thioether (sulfide) groups is 1. The molecule has 0 aliphatic heterocycles. The van der Waals surface area contributed by atoms with E-state index in [-0.39, 0.29) is 0 Å². The number of hydrogen-bond acceptors (Lipinski definition) is 1. The molecule has 1 aromatic rings. The zero-order valence-corrected chi connectivity index (χ0v) is 13.2. The van der Waals surface area contributed by atoms with Gasteiger partial charge in [0.2, 0.25) is 0 Å². The van der Waals surface area contributed by atoms with Crippen LogP contribution in [0.15, 0.2) is 29.2 Å². The lowest BCUT2D eigenvalue weighted by atomic mass is 9.85. The first kappa shape index (κ1) is 15.0. The normalized spacial score (nSPS) is 16.7. The fourth-order valence-electron chi connectivity index (χ4n) is 2.99. The molecule has 106 valence electrons. The van der Waals surface area contributed by atoms with Crippen molar-refractivity contribution in [2.45, 2.75) is 69.6 Å². The van der Waals surface area contributed by atoms with Crippen molar-refractivity contribution in [1.29, 1.82) is 0 Å². The van der Waals surface area contributed by atoms with Gasteiger partial charge in [-0.3, -0.25) is 0 Å². The highest BCUT2D eigenvalue weighted by Crippen LogP contribution is 2.27. The van der Waals surface area contributed by atoms with E-state index in [1.54, 1.807) is 5.56 Å². The van der Waals surface area contributed by atoms with Gasteiger partial charge in [-0.1, -0.05) is 64.0 Å². The van der Waals surface area contributed by atoms with Gasteiger partial charge in [-0.05, 0) is 42.2 Å². The molecule has 1 saturated carbocycles. The van der Waals surface area contributed by atoms with Crippen LogP contribution in [-0.4, -0.2) is 5.75 Å². The topological polar surface area (TPSA) is 0 Å². The Kier molecular flexibility index (Phi) is 6.84. The van der Waals surface area contributed by atoms with Crippen LogP contribution in [0, 0.1) is 5.92 Å². The molecule has 19 heavy (non-hydrogen) atoms. The average molecular weight is 276 g/mol. The Morgan fingerprint density at radius 3 is 2.42 bits per heavy atom. The van der Waals surface area contributed by atoms with E-state index < -0.39 is 0 Å². The first-order valence-electron chi connectivity index (χ1n) is 8.10. The summed E-state index contributed by atoms with van der Waals surface area (Å²) in [5.74, 6) is 2.23. The van der Waals surface area contributed by atoms with Crippen LogP contribution in [0.4, 0.5) is 0 Å². The molecule has 1 fully saturated rings. The van der Waals surface area contributed by atoms with Crippen molar-refractivity contribution in [1.82, 2.24) is 0 Å². The van der Waals surface area contributed by atoms with Crippen LogP contribution in [0.25, 0.3) is 0 Å². The lowest BCUT2D eigenvalue weighted by Crippen LogP contribution is -2.09. The molecule has 0 bridgehead atoms. The number of hydrogen-bond donors (Lipinski definition) is 0. The minimum Gasteiger partial charge on any atom is -0.126 e. The van der Waals surface area contributed by atoms with Crippen LogP contribution in [0.1, 0.15) is 63.9 Å². The van der Waals surface area contributed by atoms with Crippen molar-refractivity contribution in [3.05, 3.63) is 29.8 Å². The first-order chi connectivity index (χ1) is 9.38. The molecule has 1 heteroatoms. The molecule has 0 heterocycles. The summed E-state index contributed by atoms with van der Waals surface area (Å²) in [5.41, 5.74) is 1.55. The Hall–Kier alpha value is -0.430. The smallest absolute Gasteiger partial charge is 0.00721 e. The maximum absolute atomic E-state index is 2.36. The van der Waals surface area contributed by atoms with Gasteiger partial charge in [0.25, 0.3) is 0 Å². The Morgan fingerprint density at radius 1 is 1.00 bits per heavy atom. The highest BCUT2D eigenvalue weighted by molar-refractivity contribution is 7.99. The standard InChI is InChI=1S/C18H28S/c1-2-3-7-14-19-18-12-10-17(11-13-18)15-16-8-5-4-6-9-16/h10-13,16H,2-9,14-15H2,1H3. The number of unbranched alkanes of at least 4 members (excludes halogenated alkanes) is 2. The Morgan fingerprint density at radius 2 is 1.74 bits per heavy atom. The fourth-order valence-corrected chi connectivity index (χ4v) is 3.90. The minimum atomic E-state index is 0.955. The summed E-state index contributed by atoms with van der Waals surface area (Å²) in [6, 6.07) is 9.37. The highest BCUT2D eigenvalue weighted by Gasteiger charge is 2.13. The first-order valence-corrected chi connectivity index (χ1v) is 9.09. The zero-order valence-electron chi connectivity index (χ0n) is 12.4. The molecule has 1 aliphatic carbocycles. The van der Waals surface area contributed by atoms with E-state index in [2.05, 4.69) is 31.2 Å². The van der Waals surface area contributed by atoms with E-state index in [4.69, 9.17) is 0 Å². The summed E-state index contributed by atoms with van der Waals surface area (Å²) in [6.07, 6.45) is 12.6. The summed E-state index contributed by atoms with van der Waals surface area (Å²) in [4.78, 5) is 1.45. The second-order valence-electron chi connectivity index (χ2n) is 5.91. The van der Waals surface area contributed by atoms with Crippen LogP contribution >= 0.6 is 11.8 Å². The third-order valence-corrected chi connectivity index (χ3v) is 5.29. The molecule has 0 saturated heterocycles. The molecule has 0 spiro atoms. The SMILES string of the molecule is CCCCCSc1ccc(CC2CCCCC2)cc1. The Bertz CT molecular complexity index is 335. The van der Waals surface area contributed by atoms with E-state index >= 15 is 0 Å². The maximum Gasteiger partial charge on any atom is 0.00721 e. The van der Waals surface area contributed by atoms with Crippen molar-refractivity contribution in [3.8, 4) is 0 Å². The molecule has 2 rings (SSSR count). The predicted octanol–water partition coefficient (Wildman–Crippen LogP) is 6.09. The molecule has 0 amide bonds. The summed E-state index contributed by atoms with van der Waals surface area (Å²) < 4.78 is 0. The van der Waals surface area contributed by atoms with Gasteiger partial charge in [0.05, 0.1) is 0 Å². The second kappa shape index (κ2) is 8.68.